The van der Waals surface area contributed by atoms with Crippen LogP contribution in [-0.4, -0.2) is 17.0 Å². The first-order chi connectivity index (χ1) is 5.58. The maximum atomic E-state index is 13.1. The topological polar surface area (TPSA) is 60.2 Å². The lowest BCUT2D eigenvalue weighted by molar-refractivity contribution is -0.588. The molecule has 1 rings (SSSR count). The molecule has 0 aromatic rings. The summed E-state index contributed by atoms with van der Waals surface area (Å²) in [7, 11) is 0. The smallest absolute Gasteiger partial charge is 0.298 e. The van der Waals surface area contributed by atoms with Crippen molar-refractivity contribution >= 4 is 6.29 Å². The van der Waals surface area contributed by atoms with Crippen LogP contribution in [0.2, 0.25) is 0 Å². The van der Waals surface area contributed by atoms with E-state index in [-0.39, 0.29) is 12.0 Å². The summed E-state index contributed by atoms with van der Waals surface area (Å²) < 4.78 is 13.1. The van der Waals surface area contributed by atoms with E-state index in [1.54, 1.807) is 0 Å². The first-order valence-corrected chi connectivity index (χ1v) is 3.26. The van der Waals surface area contributed by atoms with E-state index in [0.717, 1.165) is 12.2 Å². The molecule has 0 bridgehead atoms. The second-order valence-corrected chi connectivity index (χ2v) is 2.44. The van der Waals surface area contributed by atoms with Gasteiger partial charge in [-0.25, -0.2) is 0 Å². The van der Waals surface area contributed by atoms with Crippen molar-refractivity contribution in [2.75, 3.05) is 0 Å². The molecule has 0 fully saturated rings. The average Bonchev–Trinajstić information content (AvgIpc) is 2.06. The van der Waals surface area contributed by atoms with Crippen molar-refractivity contribution in [1.29, 1.82) is 0 Å². The predicted molar refractivity (Wildman–Crippen MR) is 38.7 cm³/mol. The van der Waals surface area contributed by atoms with Crippen LogP contribution in [0.5, 0.6) is 0 Å². The Morgan fingerprint density at radius 3 is 2.75 bits per heavy atom. The van der Waals surface area contributed by atoms with E-state index >= 15 is 0 Å². The molecule has 1 aliphatic rings. The first-order valence-electron chi connectivity index (χ1n) is 3.26. The summed E-state index contributed by atoms with van der Waals surface area (Å²) >= 11 is 0. The second-order valence-electron chi connectivity index (χ2n) is 2.44. The van der Waals surface area contributed by atoms with Crippen LogP contribution in [-0.2, 0) is 4.79 Å². The summed E-state index contributed by atoms with van der Waals surface area (Å²) in [6, 6.07) is 0. The second kappa shape index (κ2) is 2.84. The van der Waals surface area contributed by atoms with Crippen LogP contribution < -0.4 is 0 Å². The van der Waals surface area contributed by atoms with Crippen LogP contribution in [0.1, 0.15) is 6.42 Å². The third kappa shape index (κ3) is 1.39. The van der Waals surface area contributed by atoms with Crippen molar-refractivity contribution < 1.29 is 14.1 Å². The van der Waals surface area contributed by atoms with Crippen LogP contribution in [0.15, 0.2) is 23.8 Å². The van der Waals surface area contributed by atoms with Gasteiger partial charge in [0.25, 0.3) is 0 Å². The molecule has 0 aromatic heterocycles. The third-order valence-corrected chi connectivity index (χ3v) is 1.59. The zero-order chi connectivity index (χ0) is 9.19. The molecule has 64 valence electrons. The fourth-order valence-electron chi connectivity index (χ4n) is 0.844. The number of nitro groups is 1. The van der Waals surface area contributed by atoms with Crippen molar-refractivity contribution in [2.45, 2.75) is 12.2 Å². The number of halogens is 1. The predicted octanol–water partition coefficient (Wildman–Crippen LogP) is 1.01. The molecule has 0 aromatic carbocycles. The molecule has 1 unspecified atom stereocenters. The molecule has 0 saturated carbocycles. The molecular formula is C7H6FNO3. The van der Waals surface area contributed by atoms with Crippen LogP contribution >= 0.6 is 0 Å². The maximum absolute atomic E-state index is 13.1. The van der Waals surface area contributed by atoms with Gasteiger partial charge in [-0.15, -0.1) is 0 Å². The zero-order valence-corrected chi connectivity index (χ0v) is 6.07. The molecule has 0 N–H and O–H groups in total. The Kier molecular flexibility index (Phi) is 2.03. The Balaban J connectivity index is 2.83. The van der Waals surface area contributed by atoms with Gasteiger partial charge in [-0.3, -0.25) is 14.9 Å². The van der Waals surface area contributed by atoms with Gasteiger partial charge in [0.15, 0.2) is 0 Å². The maximum Gasteiger partial charge on any atom is 0.381 e. The van der Waals surface area contributed by atoms with Gasteiger partial charge in [0, 0.05) is 11.6 Å². The van der Waals surface area contributed by atoms with E-state index in [1.165, 1.54) is 6.08 Å². The zero-order valence-electron chi connectivity index (χ0n) is 6.07. The number of carbonyl (C=O) groups is 1. The lowest BCUT2D eigenvalue weighted by Gasteiger charge is -2.13. The molecule has 5 heteroatoms. The van der Waals surface area contributed by atoms with Gasteiger partial charge in [0.1, 0.15) is 6.29 Å². The number of alkyl halides is 1. The van der Waals surface area contributed by atoms with E-state index in [0.29, 0.717) is 6.29 Å². The van der Waals surface area contributed by atoms with Crippen molar-refractivity contribution in [3.63, 3.8) is 0 Å². The van der Waals surface area contributed by atoms with Crippen LogP contribution in [0.3, 0.4) is 0 Å². The summed E-state index contributed by atoms with van der Waals surface area (Å²) in [5.74, 6) is -2.54. The van der Waals surface area contributed by atoms with E-state index in [4.69, 9.17) is 0 Å². The Morgan fingerprint density at radius 2 is 2.42 bits per heavy atom. The van der Waals surface area contributed by atoms with Crippen LogP contribution in [0.4, 0.5) is 4.39 Å². The fraction of sp³-hybridized carbons (Fsp3) is 0.286. The Labute approximate surface area is 67.5 Å². The summed E-state index contributed by atoms with van der Waals surface area (Å²) in [4.78, 5) is 19.2. The number of carbonyl (C=O) groups excluding carboxylic acids is 1. The van der Waals surface area contributed by atoms with Crippen molar-refractivity contribution in [3.8, 4) is 0 Å². The molecular weight excluding hydrogens is 165 g/mol. The molecule has 12 heavy (non-hydrogen) atoms. The number of hydrogen-bond acceptors (Lipinski definition) is 3. The lowest BCUT2D eigenvalue weighted by atomic mass is 10.0. The Bertz CT molecular complexity index is 284. The molecule has 0 radical (unpaired) electrons. The first kappa shape index (κ1) is 8.58. The van der Waals surface area contributed by atoms with Gasteiger partial charge < -0.3 is 0 Å². The molecule has 0 saturated heterocycles. The van der Waals surface area contributed by atoms with Gasteiger partial charge >= 0.3 is 5.79 Å². The molecule has 4 nitrogen and oxygen atoms in total. The fourth-order valence-corrected chi connectivity index (χ4v) is 0.844. The van der Waals surface area contributed by atoms with Crippen molar-refractivity contribution in [2.24, 2.45) is 0 Å². The van der Waals surface area contributed by atoms with Gasteiger partial charge in [-0.2, -0.15) is 4.39 Å². The van der Waals surface area contributed by atoms with Gasteiger partial charge in [-0.05, 0) is 6.08 Å². The highest BCUT2D eigenvalue weighted by Crippen LogP contribution is 2.24. The number of aldehydes is 1. The van der Waals surface area contributed by atoms with Crippen LogP contribution in [0.25, 0.3) is 0 Å². The monoisotopic (exact) mass is 171 g/mol. The van der Waals surface area contributed by atoms with E-state index < -0.39 is 10.7 Å². The number of allylic oxidation sites excluding steroid dienone is 2. The Morgan fingerprint density at radius 1 is 1.75 bits per heavy atom. The van der Waals surface area contributed by atoms with Crippen LogP contribution in [0, 0.1) is 10.1 Å². The third-order valence-electron chi connectivity index (χ3n) is 1.59. The summed E-state index contributed by atoms with van der Waals surface area (Å²) in [6.45, 7) is 0. The summed E-state index contributed by atoms with van der Waals surface area (Å²) in [5, 5.41) is 10.1. The molecule has 1 atom stereocenters. The van der Waals surface area contributed by atoms with Crippen molar-refractivity contribution in [1.82, 2.24) is 0 Å². The minimum absolute atomic E-state index is 0.269. The normalized spacial score (nSPS) is 27.9. The molecule has 1 aliphatic carbocycles. The van der Waals surface area contributed by atoms with Gasteiger partial charge in [0.05, 0.1) is 11.3 Å². The molecule has 0 aliphatic heterocycles. The molecule has 0 spiro atoms. The largest absolute Gasteiger partial charge is 0.381 e. The number of hydrogen-bond donors (Lipinski definition) is 0. The molecule has 0 amide bonds. The molecule has 0 heterocycles. The summed E-state index contributed by atoms with van der Waals surface area (Å²) in [5.41, 5.74) is 0.269. The number of nitrogens with zero attached hydrogens (tertiary/aromatic N) is 1. The Hall–Kier alpha value is -1.52. The SMILES string of the molecule is O=CC1=CCC(F)([N+](=O)[O-])C=C1. The highest BCUT2D eigenvalue weighted by Gasteiger charge is 2.40. The van der Waals surface area contributed by atoms with E-state index in [2.05, 4.69) is 0 Å². The van der Waals surface area contributed by atoms with Gasteiger partial charge in [0.2, 0.25) is 0 Å². The quantitative estimate of drug-likeness (QED) is 0.269. The minimum Gasteiger partial charge on any atom is -0.298 e. The van der Waals surface area contributed by atoms with E-state index in [1.807, 2.05) is 0 Å². The van der Waals surface area contributed by atoms with E-state index in [9.17, 15) is 19.3 Å². The van der Waals surface area contributed by atoms with Crippen molar-refractivity contribution in [3.05, 3.63) is 33.9 Å². The minimum atomic E-state index is -2.54. The standard InChI is InChI=1S/C7H6FNO3/c8-7(9(11)12)3-1-6(5-10)2-4-7/h1-3,5H,4H2. The average molecular weight is 171 g/mol. The highest BCUT2D eigenvalue weighted by atomic mass is 19.1. The van der Waals surface area contributed by atoms with Gasteiger partial charge in [-0.1, -0.05) is 6.08 Å². The summed E-state index contributed by atoms with van der Waals surface area (Å²) in [6.07, 6.45) is 3.24. The number of rotatable bonds is 2. The lowest BCUT2D eigenvalue weighted by Crippen LogP contribution is -2.31. The highest BCUT2D eigenvalue weighted by molar-refractivity contribution is 5.77.